The first-order valence-corrected chi connectivity index (χ1v) is 3.19. The second-order valence-electron chi connectivity index (χ2n) is 1.76. The summed E-state index contributed by atoms with van der Waals surface area (Å²) in [5, 5.41) is 6.89. The predicted molar refractivity (Wildman–Crippen MR) is 49.1 cm³/mol. The van der Waals surface area contributed by atoms with Crippen LogP contribution in [0.1, 0.15) is 6.99 Å². The number of benzene rings is 1. The Balaban J connectivity index is -0.000000146. The van der Waals surface area contributed by atoms with Crippen molar-refractivity contribution in [3.63, 3.8) is 0 Å². The van der Waals surface area contributed by atoms with E-state index in [2.05, 4.69) is 19.1 Å². The number of rotatable bonds is 0. The summed E-state index contributed by atoms with van der Waals surface area (Å²) in [6.45, 7) is 3.83. The third kappa shape index (κ3) is 11.2. The summed E-state index contributed by atoms with van der Waals surface area (Å²) in [6, 6.07) is 10.3. The molecule has 0 atom stereocenters. The summed E-state index contributed by atoms with van der Waals surface area (Å²) < 4.78 is 0. The van der Waals surface area contributed by atoms with Crippen LogP contribution in [0, 0.1) is 6.92 Å². The average molecular weight is 170 g/mol. The Labute approximate surface area is 73.1 Å². The minimum absolute atomic E-state index is 0. The van der Waals surface area contributed by atoms with E-state index in [0.717, 1.165) is 0 Å². The summed E-state index contributed by atoms with van der Waals surface area (Å²) in [5.41, 5.74) is 1.32. The maximum atomic E-state index is 8.36. The van der Waals surface area contributed by atoms with Crippen molar-refractivity contribution in [3.8, 4) is 0 Å². The molecule has 0 saturated heterocycles. The van der Waals surface area contributed by atoms with Gasteiger partial charge in [0.25, 0.3) is 6.47 Å². The summed E-state index contributed by atoms with van der Waals surface area (Å²) in [4.78, 5) is 16.4. The van der Waals surface area contributed by atoms with Crippen molar-refractivity contribution in [1.29, 1.82) is 0 Å². The molecule has 68 valence electrons. The molecule has 1 aromatic carbocycles. The lowest BCUT2D eigenvalue weighted by molar-refractivity contribution is -0.122. The van der Waals surface area contributed by atoms with Crippen molar-refractivity contribution in [1.82, 2.24) is 0 Å². The Hall–Kier alpha value is -1.64. The highest BCUT2D eigenvalue weighted by molar-refractivity contribution is 5.32. The van der Waals surface area contributed by atoms with Crippen molar-refractivity contribution in [2.45, 2.75) is 6.92 Å². The van der Waals surface area contributed by atoms with Crippen LogP contribution in [0.15, 0.2) is 30.3 Å². The van der Waals surface area contributed by atoms with E-state index in [0.29, 0.717) is 0 Å². The van der Waals surface area contributed by atoms with Crippen molar-refractivity contribution < 1.29 is 16.1 Å². The van der Waals surface area contributed by atoms with Crippen LogP contribution in [0.25, 0.3) is 0 Å². The molecule has 0 amide bonds. The fourth-order valence-corrected chi connectivity index (χ4v) is 0.534. The zero-order chi connectivity index (χ0) is 9.82. The van der Waals surface area contributed by atoms with Gasteiger partial charge >= 0.3 is 0 Å². The van der Waals surface area contributed by atoms with Crippen LogP contribution >= 0.6 is 0 Å². The summed E-state index contributed by atoms with van der Waals surface area (Å²) in [7, 11) is 0. The van der Waals surface area contributed by atoms with Crippen molar-refractivity contribution in [3.05, 3.63) is 35.9 Å². The van der Waals surface area contributed by atoms with Crippen LogP contribution in [0.2, 0.25) is 0 Å². The van der Waals surface area contributed by atoms with Gasteiger partial charge in [0.05, 0.1) is 0 Å². The molecule has 0 aliphatic heterocycles. The van der Waals surface area contributed by atoms with Gasteiger partial charge in [0.1, 0.15) is 6.79 Å². The molecule has 0 radical (unpaired) electrons. The Morgan fingerprint density at radius 2 is 1.67 bits per heavy atom. The maximum Gasteiger partial charge on any atom is 0.290 e. The molecule has 0 aromatic heterocycles. The van der Waals surface area contributed by atoms with Crippen LogP contribution in [-0.4, -0.2) is 18.4 Å². The van der Waals surface area contributed by atoms with Gasteiger partial charge in [0.15, 0.2) is 0 Å². The molecule has 0 heterocycles. The molecule has 0 saturated carbocycles. The van der Waals surface area contributed by atoms with Gasteiger partial charge in [0, 0.05) is 1.43 Å². The van der Waals surface area contributed by atoms with Gasteiger partial charge < -0.3 is 9.90 Å². The van der Waals surface area contributed by atoms with Crippen molar-refractivity contribution in [2.75, 3.05) is 0 Å². The zero-order valence-electron chi connectivity index (χ0n) is 6.93. The second-order valence-corrected chi connectivity index (χ2v) is 1.76. The molecule has 0 spiro atoms. The van der Waals surface area contributed by atoms with Crippen LogP contribution < -0.4 is 0 Å². The van der Waals surface area contributed by atoms with Gasteiger partial charge in [-0.15, -0.1) is 0 Å². The molecular weight excluding hydrogens is 156 g/mol. The van der Waals surface area contributed by atoms with Crippen LogP contribution in [0.5, 0.6) is 0 Å². The Bertz CT molecular complexity index is 189. The first kappa shape index (κ1) is 13.0. The predicted octanol–water partition coefficient (Wildman–Crippen LogP) is 1.76. The topological polar surface area (TPSA) is 54.4 Å². The molecule has 1 N–H and O–H groups in total. The number of hydrogen-bond acceptors (Lipinski definition) is 2. The quantitative estimate of drug-likeness (QED) is 0.603. The molecule has 0 unspecified atom stereocenters. The number of carboxylic acid groups (broad SMARTS) is 1. The minimum atomic E-state index is -0.250. The van der Waals surface area contributed by atoms with Crippen LogP contribution in [0.4, 0.5) is 0 Å². The molecule has 3 nitrogen and oxygen atoms in total. The number of hydrogen-bond donors (Lipinski definition) is 1. The van der Waals surface area contributed by atoms with Gasteiger partial charge in [-0.3, -0.25) is 4.79 Å². The van der Waals surface area contributed by atoms with E-state index in [9.17, 15) is 0 Å². The van der Waals surface area contributed by atoms with Gasteiger partial charge in [0.2, 0.25) is 0 Å². The van der Waals surface area contributed by atoms with Crippen molar-refractivity contribution >= 4 is 13.3 Å². The molecule has 0 aliphatic rings. The van der Waals surface area contributed by atoms with E-state index < -0.39 is 0 Å². The summed E-state index contributed by atoms with van der Waals surface area (Å²) in [5.74, 6) is 0. The Kier molecular flexibility index (Phi) is 13.1. The van der Waals surface area contributed by atoms with Gasteiger partial charge in [-0.1, -0.05) is 35.9 Å². The summed E-state index contributed by atoms with van der Waals surface area (Å²) in [6.07, 6.45) is 0. The van der Waals surface area contributed by atoms with Gasteiger partial charge in [-0.05, 0) is 6.92 Å². The summed E-state index contributed by atoms with van der Waals surface area (Å²) >= 11 is 0. The average Bonchev–Trinajstić information content (AvgIpc) is 2.11. The maximum absolute atomic E-state index is 8.36. The van der Waals surface area contributed by atoms with E-state index in [1.165, 1.54) is 5.56 Å². The van der Waals surface area contributed by atoms with Gasteiger partial charge in [-0.2, -0.15) is 0 Å². The molecule has 1 rings (SSSR count). The SMILES string of the molecule is C=O.Cc1ccccc1.O=CO.[HH]. The van der Waals surface area contributed by atoms with Crippen molar-refractivity contribution in [2.24, 2.45) is 0 Å². The molecule has 0 aliphatic carbocycles. The molecule has 0 fully saturated rings. The van der Waals surface area contributed by atoms with Gasteiger partial charge in [-0.25, -0.2) is 0 Å². The normalized spacial score (nSPS) is 6.42. The lowest BCUT2D eigenvalue weighted by atomic mass is 10.2. The standard InChI is InChI=1S/C7H8.CH2O2.CH2O.H2/c1-7-5-3-2-4-6-7;2-1-3;1-2;/h2-6H,1H3;1H,(H,2,3);1H2;1H. The highest BCUT2D eigenvalue weighted by atomic mass is 16.3. The highest BCUT2D eigenvalue weighted by Crippen LogP contribution is 1.92. The molecule has 3 heteroatoms. The Morgan fingerprint density at radius 1 is 1.33 bits per heavy atom. The smallest absolute Gasteiger partial charge is 0.290 e. The van der Waals surface area contributed by atoms with E-state index in [1.54, 1.807) is 0 Å². The van der Waals surface area contributed by atoms with E-state index in [-0.39, 0.29) is 7.90 Å². The first-order chi connectivity index (χ1) is 5.81. The highest BCUT2D eigenvalue weighted by Gasteiger charge is 1.72. The molecular formula is C9H14O3. The fraction of sp³-hybridized carbons (Fsp3) is 0.111. The molecule has 1 aromatic rings. The lowest BCUT2D eigenvalue weighted by Gasteiger charge is -1.82. The van der Waals surface area contributed by atoms with E-state index in [1.807, 2.05) is 25.0 Å². The minimum Gasteiger partial charge on any atom is -0.483 e. The molecule has 0 bridgehead atoms. The number of carbonyl (C=O) groups excluding carboxylic acids is 1. The lowest BCUT2D eigenvalue weighted by Crippen LogP contribution is -1.62. The first-order valence-electron chi connectivity index (χ1n) is 3.19. The van der Waals surface area contributed by atoms with E-state index in [4.69, 9.17) is 14.7 Å². The fourth-order valence-electron chi connectivity index (χ4n) is 0.534. The number of aryl methyl sites for hydroxylation is 1. The van der Waals surface area contributed by atoms with Crippen LogP contribution in [-0.2, 0) is 9.59 Å². The monoisotopic (exact) mass is 170 g/mol. The van der Waals surface area contributed by atoms with E-state index >= 15 is 0 Å². The Morgan fingerprint density at radius 3 is 1.83 bits per heavy atom. The largest absolute Gasteiger partial charge is 0.483 e. The number of carbonyl (C=O) groups is 2. The molecule has 12 heavy (non-hydrogen) atoms. The zero-order valence-corrected chi connectivity index (χ0v) is 6.93. The third-order valence-electron chi connectivity index (χ3n) is 0.940. The van der Waals surface area contributed by atoms with Crippen LogP contribution in [0.3, 0.4) is 0 Å². The third-order valence-corrected chi connectivity index (χ3v) is 0.940. The second kappa shape index (κ2) is 12.1.